The first-order valence-corrected chi connectivity index (χ1v) is 10.0. The topological polar surface area (TPSA) is 120 Å². The first-order chi connectivity index (χ1) is 14.0. The third-order valence-electron chi connectivity index (χ3n) is 5.77. The monoisotopic (exact) mass is 399 g/mol. The van der Waals surface area contributed by atoms with E-state index in [0.29, 0.717) is 31.5 Å². The second kappa shape index (κ2) is 8.30. The number of carbonyl (C=O) groups excluding carboxylic acids is 4. The van der Waals surface area contributed by atoms with Crippen LogP contribution in [0.1, 0.15) is 47.2 Å². The number of nitrogens with one attached hydrogen (secondary N) is 4. The first-order valence-electron chi connectivity index (χ1n) is 10.0. The number of imide groups is 2. The molecule has 1 aromatic rings. The van der Waals surface area contributed by atoms with E-state index in [2.05, 4.69) is 21.3 Å². The van der Waals surface area contributed by atoms with Gasteiger partial charge in [-0.15, -0.1) is 0 Å². The minimum Gasteiger partial charge on any atom is -0.335 e. The van der Waals surface area contributed by atoms with Gasteiger partial charge in [0.1, 0.15) is 0 Å². The molecule has 4 rings (SSSR count). The second-order valence-electron chi connectivity index (χ2n) is 7.81. The summed E-state index contributed by atoms with van der Waals surface area (Å²) >= 11 is 0. The van der Waals surface area contributed by atoms with Crippen LogP contribution >= 0.6 is 0 Å². The molecule has 5 amide bonds. The van der Waals surface area contributed by atoms with Crippen molar-refractivity contribution in [2.75, 3.05) is 13.1 Å². The summed E-state index contributed by atoms with van der Waals surface area (Å²) in [5.74, 6) is -0.940. The molecule has 0 aliphatic carbocycles. The zero-order valence-corrected chi connectivity index (χ0v) is 16.1. The highest BCUT2D eigenvalue weighted by molar-refractivity contribution is 6.04. The van der Waals surface area contributed by atoms with Crippen molar-refractivity contribution in [3.05, 3.63) is 34.9 Å². The molecule has 0 spiro atoms. The lowest BCUT2D eigenvalue weighted by Crippen LogP contribution is -2.50. The van der Waals surface area contributed by atoms with Gasteiger partial charge in [0.25, 0.3) is 5.91 Å². The van der Waals surface area contributed by atoms with Crippen LogP contribution in [0.15, 0.2) is 18.2 Å². The predicted octanol–water partition coefficient (Wildman–Crippen LogP) is -0.00120. The van der Waals surface area contributed by atoms with Crippen LogP contribution in [0.2, 0.25) is 0 Å². The number of hydrogen-bond donors (Lipinski definition) is 4. The molecule has 1 aromatic carbocycles. The Morgan fingerprint density at radius 1 is 1.03 bits per heavy atom. The molecule has 1 unspecified atom stereocenters. The molecule has 9 nitrogen and oxygen atoms in total. The number of nitrogens with zero attached hydrogens (tertiary/aromatic N) is 1. The van der Waals surface area contributed by atoms with E-state index < -0.39 is 11.9 Å². The average Bonchev–Trinajstić information content (AvgIpc) is 3.11. The molecule has 3 aliphatic heterocycles. The smallest absolute Gasteiger partial charge is 0.321 e. The summed E-state index contributed by atoms with van der Waals surface area (Å²) in [6.45, 7) is 2.84. The normalized spacial score (nSPS) is 22.7. The van der Waals surface area contributed by atoms with Gasteiger partial charge in [-0.25, -0.2) is 4.79 Å². The van der Waals surface area contributed by atoms with Crippen LogP contribution in [0.5, 0.6) is 0 Å². The lowest BCUT2D eigenvalue weighted by Gasteiger charge is -2.29. The summed E-state index contributed by atoms with van der Waals surface area (Å²) < 4.78 is 0. The SMILES string of the molecule is O=C1CCC(N2Cc3ccc(C(=O)NC(=O)NC4CCNCC4)cc3C2)C(=O)N1. The quantitative estimate of drug-likeness (QED) is 0.531. The molecule has 4 N–H and O–H groups in total. The van der Waals surface area contributed by atoms with E-state index in [1.807, 2.05) is 11.0 Å². The molecule has 154 valence electrons. The zero-order valence-electron chi connectivity index (χ0n) is 16.1. The van der Waals surface area contributed by atoms with E-state index >= 15 is 0 Å². The van der Waals surface area contributed by atoms with Crippen molar-refractivity contribution >= 4 is 23.8 Å². The van der Waals surface area contributed by atoms with Gasteiger partial charge in [0, 0.05) is 31.1 Å². The maximum atomic E-state index is 12.5. The van der Waals surface area contributed by atoms with Crippen LogP contribution in [0.25, 0.3) is 0 Å². The van der Waals surface area contributed by atoms with Gasteiger partial charge in [0.15, 0.2) is 0 Å². The number of piperidine rings is 2. The van der Waals surface area contributed by atoms with Gasteiger partial charge in [-0.1, -0.05) is 6.07 Å². The highest BCUT2D eigenvalue weighted by Gasteiger charge is 2.34. The standard InChI is InChI=1S/C20H25N5O4/c26-17-4-3-16(19(28)23-17)25-10-13-2-1-12(9-14(13)11-25)18(27)24-20(29)22-15-5-7-21-8-6-15/h1-2,9,15-16,21H,3-8,10-11H2,(H,23,26,28)(H2,22,24,27,29). The van der Waals surface area contributed by atoms with Crippen molar-refractivity contribution in [2.24, 2.45) is 0 Å². The molecule has 9 heteroatoms. The molecule has 3 heterocycles. The van der Waals surface area contributed by atoms with E-state index in [0.717, 1.165) is 37.1 Å². The number of hydrogen-bond acceptors (Lipinski definition) is 6. The summed E-state index contributed by atoms with van der Waals surface area (Å²) in [6, 6.07) is 4.58. The second-order valence-corrected chi connectivity index (χ2v) is 7.81. The minimum absolute atomic E-state index is 0.0751. The fourth-order valence-corrected chi connectivity index (χ4v) is 4.18. The summed E-state index contributed by atoms with van der Waals surface area (Å²) in [5.41, 5.74) is 2.42. The third-order valence-corrected chi connectivity index (χ3v) is 5.77. The Kier molecular flexibility index (Phi) is 5.59. The summed E-state index contributed by atoms with van der Waals surface area (Å²) in [6.07, 6.45) is 2.53. The Morgan fingerprint density at radius 3 is 2.55 bits per heavy atom. The molecular weight excluding hydrogens is 374 g/mol. The minimum atomic E-state index is -0.479. The van der Waals surface area contributed by atoms with Gasteiger partial charge in [-0.05, 0) is 55.6 Å². The molecule has 2 fully saturated rings. The average molecular weight is 399 g/mol. The summed E-state index contributed by atoms with van der Waals surface area (Å²) in [7, 11) is 0. The third kappa shape index (κ3) is 4.46. The molecule has 0 aromatic heterocycles. The van der Waals surface area contributed by atoms with E-state index in [-0.39, 0.29) is 23.9 Å². The van der Waals surface area contributed by atoms with Gasteiger partial charge in [-0.3, -0.25) is 29.9 Å². The Bertz CT molecular complexity index is 849. The molecular formula is C20H25N5O4. The predicted molar refractivity (Wildman–Crippen MR) is 104 cm³/mol. The van der Waals surface area contributed by atoms with Crippen molar-refractivity contribution in [1.29, 1.82) is 0 Å². The van der Waals surface area contributed by atoms with Crippen molar-refractivity contribution in [3.8, 4) is 0 Å². The lowest BCUT2D eigenvalue weighted by atomic mass is 10.0. The number of rotatable bonds is 3. The van der Waals surface area contributed by atoms with Crippen LogP contribution < -0.4 is 21.3 Å². The van der Waals surface area contributed by atoms with Crippen LogP contribution in [0, 0.1) is 0 Å². The molecule has 1 atom stereocenters. The van der Waals surface area contributed by atoms with Crippen molar-refractivity contribution < 1.29 is 19.2 Å². The summed E-state index contributed by atoms with van der Waals surface area (Å²) in [5, 5.41) is 10.8. The van der Waals surface area contributed by atoms with Gasteiger partial charge >= 0.3 is 6.03 Å². The molecule has 3 aliphatic rings. The van der Waals surface area contributed by atoms with Crippen molar-refractivity contribution in [3.63, 3.8) is 0 Å². The van der Waals surface area contributed by atoms with Crippen LogP contribution in [-0.2, 0) is 22.7 Å². The first kappa shape index (κ1) is 19.5. The van der Waals surface area contributed by atoms with Gasteiger partial charge in [0.2, 0.25) is 11.8 Å². The van der Waals surface area contributed by atoms with E-state index in [1.54, 1.807) is 12.1 Å². The highest BCUT2D eigenvalue weighted by Crippen LogP contribution is 2.28. The molecule has 0 radical (unpaired) electrons. The zero-order chi connectivity index (χ0) is 20.4. The highest BCUT2D eigenvalue weighted by atomic mass is 16.2. The molecule has 0 saturated carbocycles. The largest absolute Gasteiger partial charge is 0.335 e. The Balaban J connectivity index is 1.35. The van der Waals surface area contributed by atoms with E-state index in [9.17, 15) is 19.2 Å². The number of benzene rings is 1. The lowest BCUT2D eigenvalue weighted by molar-refractivity contribution is -0.137. The van der Waals surface area contributed by atoms with Crippen LogP contribution in [-0.4, -0.2) is 53.8 Å². The van der Waals surface area contributed by atoms with E-state index in [4.69, 9.17) is 0 Å². The Hall–Kier alpha value is -2.78. The molecule has 2 saturated heterocycles. The fourth-order valence-electron chi connectivity index (χ4n) is 4.18. The summed E-state index contributed by atoms with van der Waals surface area (Å²) in [4.78, 5) is 50.1. The maximum absolute atomic E-state index is 12.5. The molecule has 29 heavy (non-hydrogen) atoms. The Labute approximate surface area is 168 Å². The van der Waals surface area contributed by atoms with Crippen LogP contribution in [0.3, 0.4) is 0 Å². The number of carbonyl (C=O) groups is 4. The van der Waals surface area contributed by atoms with Crippen molar-refractivity contribution in [1.82, 2.24) is 26.2 Å². The maximum Gasteiger partial charge on any atom is 0.321 e. The Morgan fingerprint density at radius 2 is 1.79 bits per heavy atom. The number of amides is 5. The fraction of sp³-hybridized carbons (Fsp3) is 0.500. The van der Waals surface area contributed by atoms with Gasteiger partial charge < -0.3 is 10.6 Å². The van der Waals surface area contributed by atoms with Gasteiger partial charge in [-0.2, -0.15) is 0 Å². The van der Waals surface area contributed by atoms with Crippen molar-refractivity contribution in [2.45, 2.75) is 50.9 Å². The number of urea groups is 1. The molecule has 0 bridgehead atoms. The van der Waals surface area contributed by atoms with E-state index in [1.165, 1.54) is 0 Å². The number of fused-ring (bicyclic) bond motifs is 1. The van der Waals surface area contributed by atoms with Crippen LogP contribution in [0.4, 0.5) is 4.79 Å². The van der Waals surface area contributed by atoms with Gasteiger partial charge in [0.05, 0.1) is 6.04 Å².